The number of aryl methyl sites for hydroxylation is 1. The second-order valence-corrected chi connectivity index (χ2v) is 5.67. The molecule has 1 nitrogen and oxygen atoms in total. The summed E-state index contributed by atoms with van der Waals surface area (Å²) in [7, 11) is 1.88. The molecule has 19 heavy (non-hydrogen) atoms. The fourth-order valence-corrected chi connectivity index (χ4v) is 2.58. The molecule has 0 amide bonds. The molecule has 0 aliphatic heterocycles. The lowest BCUT2D eigenvalue weighted by Crippen LogP contribution is -2.17. The summed E-state index contributed by atoms with van der Waals surface area (Å²) in [5, 5.41) is 3.99. The van der Waals surface area contributed by atoms with Gasteiger partial charge in [-0.05, 0) is 64.8 Å². The predicted molar refractivity (Wildman–Crippen MR) is 81.2 cm³/mol. The topological polar surface area (TPSA) is 12.0 Å². The Balaban J connectivity index is 2.43. The van der Waals surface area contributed by atoms with Crippen LogP contribution in [0.25, 0.3) is 0 Å². The number of nitrogens with one attached hydrogen (secondary N) is 1. The minimum Gasteiger partial charge on any atom is -0.309 e. The molecule has 1 unspecified atom stereocenters. The third-order valence-corrected chi connectivity index (χ3v) is 4.11. The lowest BCUT2D eigenvalue weighted by molar-refractivity contribution is 0.616. The zero-order chi connectivity index (χ0) is 14.0. The Morgan fingerprint density at radius 2 is 1.79 bits per heavy atom. The van der Waals surface area contributed by atoms with Crippen molar-refractivity contribution in [1.82, 2.24) is 5.32 Å². The van der Waals surface area contributed by atoms with E-state index in [1.54, 1.807) is 12.1 Å². The van der Waals surface area contributed by atoms with Gasteiger partial charge in [0.2, 0.25) is 0 Å². The third-order valence-electron chi connectivity index (χ3n) is 3.08. The first-order valence-electron chi connectivity index (χ1n) is 5.91. The van der Waals surface area contributed by atoms with Gasteiger partial charge >= 0.3 is 0 Å². The first-order valence-corrected chi connectivity index (χ1v) is 7.08. The molecule has 0 aliphatic rings. The van der Waals surface area contributed by atoms with Crippen LogP contribution in [0.4, 0.5) is 4.39 Å². The molecule has 0 fully saturated rings. The molecule has 0 aromatic heterocycles. The lowest BCUT2D eigenvalue weighted by atomic mass is 9.97. The molecular weight excluding hydrogens is 329 g/mol. The number of benzene rings is 2. The molecule has 1 atom stereocenters. The Labute approximate surface area is 125 Å². The lowest BCUT2D eigenvalue weighted by Gasteiger charge is -2.18. The van der Waals surface area contributed by atoms with Crippen molar-refractivity contribution in [2.24, 2.45) is 0 Å². The Bertz CT molecular complexity index is 549. The third kappa shape index (κ3) is 3.16. The maximum Gasteiger partial charge on any atom is 0.137 e. The van der Waals surface area contributed by atoms with Gasteiger partial charge in [0.25, 0.3) is 0 Å². The Kier molecular flexibility index (Phi) is 4.61. The standard InChI is InChI=1S/C15H14BrClFN/c1-9-7-10(3-5-13(9)17)15(19-2)11-4-6-14(18)12(16)8-11/h3-8,15,19H,1-2H3. The minimum absolute atomic E-state index is 0.00728. The number of hydrogen-bond donors (Lipinski definition) is 1. The van der Waals surface area contributed by atoms with E-state index in [-0.39, 0.29) is 11.9 Å². The average molecular weight is 343 g/mol. The highest BCUT2D eigenvalue weighted by Gasteiger charge is 2.14. The zero-order valence-electron chi connectivity index (χ0n) is 10.7. The van der Waals surface area contributed by atoms with Crippen LogP contribution in [0, 0.1) is 12.7 Å². The second-order valence-electron chi connectivity index (χ2n) is 4.40. The molecule has 100 valence electrons. The smallest absolute Gasteiger partial charge is 0.137 e. The fraction of sp³-hybridized carbons (Fsp3) is 0.200. The molecule has 2 aromatic carbocycles. The van der Waals surface area contributed by atoms with Crippen LogP contribution in [0.2, 0.25) is 5.02 Å². The van der Waals surface area contributed by atoms with E-state index >= 15 is 0 Å². The molecule has 0 saturated heterocycles. The van der Waals surface area contributed by atoms with Crippen molar-refractivity contribution >= 4 is 27.5 Å². The van der Waals surface area contributed by atoms with Gasteiger partial charge in [-0.3, -0.25) is 0 Å². The van der Waals surface area contributed by atoms with Crippen molar-refractivity contribution < 1.29 is 4.39 Å². The summed E-state index contributed by atoms with van der Waals surface area (Å²) >= 11 is 9.26. The molecule has 2 rings (SSSR count). The van der Waals surface area contributed by atoms with Gasteiger partial charge in [-0.25, -0.2) is 4.39 Å². The van der Waals surface area contributed by atoms with Crippen molar-refractivity contribution in [2.45, 2.75) is 13.0 Å². The Hall–Kier alpha value is -0.900. The quantitative estimate of drug-likeness (QED) is 0.840. The summed E-state index contributed by atoms with van der Waals surface area (Å²) in [6, 6.07) is 11.0. The minimum atomic E-state index is -0.258. The zero-order valence-corrected chi connectivity index (χ0v) is 13.0. The molecule has 0 radical (unpaired) electrons. The van der Waals surface area contributed by atoms with Crippen molar-refractivity contribution in [1.29, 1.82) is 0 Å². The van der Waals surface area contributed by atoms with Gasteiger partial charge in [-0.2, -0.15) is 0 Å². The number of rotatable bonds is 3. The van der Waals surface area contributed by atoms with Crippen molar-refractivity contribution in [2.75, 3.05) is 7.05 Å². The summed E-state index contributed by atoms with van der Waals surface area (Å²) in [6.45, 7) is 1.97. The van der Waals surface area contributed by atoms with E-state index in [1.165, 1.54) is 6.07 Å². The van der Waals surface area contributed by atoms with Crippen molar-refractivity contribution in [3.63, 3.8) is 0 Å². The first kappa shape index (κ1) is 14.5. The van der Waals surface area contributed by atoms with Gasteiger partial charge in [0.1, 0.15) is 5.82 Å². The van der Waals surface area contributed by atoms with Gasteiger partial charge in [-0.15, -0.1) is 0 Å². The van der Waals surface area contributed by atoms with Crippen LogP contribution in [0.5, 0.6) is 0 Å². The van der Waals surface area contributed by atoms with Gasteiger partial charge in [-0.1, -0.05) is 29.8 Å². The summed E-state index contributed by atoms with van der Waals surface area (Å²) < 4.78 is 13.8. The molecule has 0 heterocycles. The van der Waals surface area contributed by atoms with Crippen LogP contribution < -0.4 is 5.32 Å². The molecule has 0 saturated carbocycles. The molecule has 0 bridgehead atoms. The average Bonchev–Trinajstić information content (AvgIpc) is 2.39. The number of halogens is 3. The normalized spacial score (nSPS) is 12.5. The summed E-state index contributed by atoms with van der Waals surface area (Å²) in [4.78, 5) is 0. The highest BCUT2D eigenvalue weighted by atomic mass is 79.9. The Morgan fingerprint density at radius 3 is 2.37 bits per heavy atom. The Morgan fingerprint density at radius 1 is 1.16 bits per heavy atom. The van der Waals surface area contributed by atoms with E-state index in [2.05, 4.69) is 21.2 Å². The van der Waals surface area contributed by atoms with Crippen LogP contribution in [0.15, 0.2) is 40.9 Å². The highest BCUT2D eigenvalue weighted by molar-refractivity contribution is 9.10. The van der Waals surface area contributed by atoms with E-state index in [4.69, 9.17) is 11.6 Å². The van der Waals surface area contributed by atoms with Crippen LogP contribution in [-0.2, 0) is 0 Å². The fourth-order valence-electron chi connectivity index (χ4n) is 2.07. The first-order chi connectivity index (χ1) is 9.02. The van der Waals surface area contributed by atoms with Gasteiger partial charge in [0.05, 0.1) is 10.5 Å². The predicted octanol–water partition coefficient (Wildman–Crippen LogP) is 4.86. The van der Waals surface area contributed by atoms with Crippen LogP contribution in [0.1, 0.15) is 22.7 Å². The van der Waals surface area contributed by atoms with Crippen LogP contribution in [0.3, 0.4) is 0 Å². The van der Waals surface area contributed by atoms with Gasteiger partial charge in [0.15, 0.2) is 0 Å². The molecule has 1 N–H and O–H groups in total. The van der Waals surface area contributed by atoms with E-state index in [0.29, 0.717) is 4.47 Å². The van der Waals surface area contributed by atoms with Crippen molar-refractivity contribution in [3.05, 3.63) is 68.4 Å². The molecule has 4 heteroatoms. The van der Waals surface area contributed by atoms with Crippen molar-refractivity contribution in [3.8, 4) is 0 Å². The van der Waals surface area contributed by atoms with Crippen LogP contribution in [-0.4, -0.2) is 7.05 Å². The van der Waals surface area contributed by atoms with Gasteiger partial charge < -0.3 is 5.32 Å². The SMILES string of the molecule is CNC(c1ccc(Cl)c(C)c1)c1ccc(F)c(Br)c1. The van der Waals surface area contributed by atoms with Gasteiger partial charge in [0, 0.05) is 5.02 Å². The highest BCUT2D eigenvalue weighted by Crippen LogP contribution is 2.28. The number of hydrogen-bond acceptors (Lipinski definition) is 1. The second kappa shape index (κ2) is 6.04. The maximum absolute atomic E-state index is 13.3. The molecule has 2 aromatic rings. The molecule has 0 aliphatic carbocycles. The van der Waals surface area contributed by atoms with E-state index in [1.807, 2.05) is 32.2 Å². The summed E-state index contributed by atoms with van der Waals surface area (Å²) in [5.41, 5.74) is 3.13. The van der Waals surface area contributed by atoms with E-state index in [0.717, 1.165) is 21.7 Å². The molecule has 0 spiro atoms. The summed E-state index contributed by atoms with van der Waals surface area (Å²) in [6.07, 6.45) is 0. The van der Waals surface area contributed by atoms with E-state index in [9.17, 15) is 4.39 Å². The summed E-state index contributed by atoms with van der Waals surface area (Å²) in [5.74, 6) is -0.258. The maximum atomic E-state index is 13.3. The van der Waals surface area contributed by atoms with E-state index < -0.39 is 0 Å². The monoisotopic (exact) mass is 341 g/mol. The van der Waals surface area contributed by atoms with Crippen LogP contribution >= 0.6 is 27.5 Å². The molecular formula is C15H14BrClFN. The largest absolute Gasteiger partial charge is 0.309 e.